The zero-order chi connectivity index (χ0) is 15.9. The van der Waals surface area contributed by atoms with Gasteiger partial charge in [0.25, 0.3) is 0 Å². The summed E-state index contributed by atoms with van der Waals surface area (Å²) in [5.41, 5.74) is 0.221. The summed E-state index contributed by atoms with van der Waals surface area (Å²) in [7, 11) is -0.856. The number of halogens is 3. The fourth-order valence-corrected chi connectivity index (χ4v) is 5.45. The third kappa shape index (κ3) is 3.19. The number of ether oxygens (including phenoxy) is 1. The average Bonchev–Trinajstić information content (AvgIpc) is 2.67. The van der Waals surface area contributed by atoms with Crippen LogP contribution in [0.4, 0.5) is 13.2 Å². The Balaban J connectivity index is 1.75. The molecule has 0 saturated carbocycles. The van der Waals surface area contributed by atoms with Crippen molar-refractivity contribution in [2.24, 2.45) is 5.92 Å². The zero-order valence-corrected chi connectivity index (χ0v) is 12.5. The molecular weight excluding hydrogens is 317 g/mol. The first-order chi connectivity index (χ1) is 10.3. The third-order valence-electron chi connectivity index (χ3n) is 4.29. The van der Waals surface area contributed by atoms with Gasteiger partial charge in [-0.05, 0) is 37.8 Å². The van der Waals surface area contributed by atoms with Crippen LogP contribution in [-0.4, -0.2) is 26.9 Å². The van der Waals surface area contributed by atoms with E-state index in [1.807, 2.05) is 0 Å². The molecule has 2 bridgehead atoms. The van der Waals surface area contributed by atoms with Crippen molar-refractivity contribution in [1.82, 2.24) is 0 Å². The first-order valence-corrected chi connectivity index (χ1v) is 8.40. The largest absolute Gasteiger partial charge is 0.573 e. The fraction of sp³-hybridized carbons (Fsp3) is 0.533. The van der Waals surface area contributed by atoms with E-state index < -0.39 is 17.2 Å². The van der Waals surface area contributed by atoms with Crippen LogP contribution in [0.3, 0.4) is 0 Å². The van der Waals surface area contributed by atoms with Crippen LogP contribution in [0.25, 0.3) is 0 Å². The average molecular weight is 332 g/mol. The van der Waals surface area contributed by atoms with E-state index in [1.165, 1.54) is 18.2 Å². The number of hydrogen-bond donors (Lipinski definition) is 0. The number of carbonyl (C=O) groups excluding carboxylic acids is 1. The molecule has 1 aromatic rings. The van der Waals surface area contributed by atoms with Crippen molar-refractivity contribution in [3.05, 3.63) is 29.8 Å². The van der Waals surface area contributed by atoms with Crippen LogP contribution in [0, 0.1) is 5.92 Å². The van der Waals surface area contributed by atoms with Crippen LogP contribution in [0.15, 0.2) is 24.3 Å². The maximum absolute atomic E-state index is 12.5. The van der Waals surface area contributed by atoms with Crippen LogP contribution >= 0.6 is 0 Å². The minimum Gasteiger partial charge on any atom is -0.406 e. The molecule has 0 radical (unpaired) electrons. The molecule has 2 saturated heterocycles. The normalized spacial score (nSPS) is 31.0. The molecule has 22 heavy (non-hydrogen) atoms. The molecule has 0 aliphatic carbocycles. The summed E-state index contributed by atoms with van der Waals surface area (Å²) in [6.07, 6.45) is -1.91. The van der Waals surface area contributed by atoms with Crippen molar-refractivity contribution in [2.75, 3.05) is 0 Å². The highest BCUT2D eigenvalue weighted by Crippen LogP contribution is 2.40. The molecule has 2 aliphatic heterocycles. The number of fused-ring (bicyclic) bond motifs is 2. The van der Waals surface area contributed by atoms with Crippen molar-refractivity contribution < 1.29 is 26.9 Å². The lowest BCUT2D eigenvalue weighted by atomic mass is 9.90. The number of carbonyl (C=O) groups is 1. The molecule has 7 heteroatoms. The van der Waals surface area contributed by atoms with Gasteiger partial charge in [-0.15, -0.1) is 13.2 Å². The Morgan fingerprint density at radius 1 is 1.18 bits per heavy atom. The van der Waals surface area contributed by atoms with E-state index in [2.05, 4.69) is 4.74 Å². The molecule has 3 nitrogen and oxygen atoms in total. The van der Waals surface area contributed by atoms with Gasteiger partial charge in [0.2, 0.25) is 0 Å². The second kappa shape index (κ2) is 5.68. The number of Topliss-reactive ketones (excluding diaryl/α,β-unsaturated/α-hetero) is 1. The minimum absolute atomic E-state index is 0.0577. The second-order valence-electron chi connectivity index (χ2n) is 5.76. The van der Waals surface area contributed by atoms with Crippen LogP contribution < -0.4 is 4.74 Å². The molecule has 0 N–H and O–H groups in total. The summed E-state index contributed by atoms with van der Waals surface area (Å²) >= 11 is 0. The van der Waals surface area contributed by atoms with Crippen molar-refractivity contribution in [2.45, 2.75) is 42.5 Å². The molecule has 1 aromatic carbocycles. The Hall–Kier alpha value is -1.37. The summed E-state index contributed by atoms with van der Waals surface area (Å²) in [6, 6.07) is 5.18. The van der Waals surface area contributed by atoms with Gasteiger partial charge < -0.3 is 4.74 Å². The van der Waals surface area contributed by atoms with Crippen LogP contribution in [0.5, 0.6) is 5.75 Å². The van der Waals surface area contributed by atoms with Gasteiger partial charge in [0, 0.05) is 32.8 Å². The topological polar surface area (TPSA) is 43.4 Å². The Labute approximate surface area is 128 Å². The highest BCUT2D eigenvalue weighted by Gasteiger charge is 2.43. The second-order valence-corrected chi connectivity index (χ2v) is 7.75. The summed E-state index contributed by atoms with van der Waals surface area (Å²) in [4.78, 5) is 12.5. The number of benzene rings is 1. The molecule has 2 unspecified atom stereocenters. The minimum atomic E-state index is -4.78. The van der Waals surface area contributed by atoms with Crippen LogP contribution in [-0.2, 0) is 10.8 Å². The maximum Gasteiger partial charge on any atom is 0.573 e. The third-order valence-corrected chi connectivity index (χ3v) is 6.46. The molecule has 0 aromatic heterocycles. The number of ketones is 1. The van der Waals surface area contributed by atoms with Crippen LogP contribution in [0.1, 0.15) is 36.0 Å². The van der Waals surface area contributed by atoms with E-state index in [0.717, 1.165) is 18.9 Å². The zero-order valence-electron chi connectivity index (χ0n) is 11.6. The van der Waals surface area contributed by atoms with E-state index in [1.54, 1.807) is 0 Å². The lowest BCUT2D eigenvalue weighted by Crippen LogP contribution is -2.32. The van der Waals surface area contributed by atoms with Crippen LogP contribution in [0.2, 0.25) is 0 Å². The number of hydrogen-bond acceptors (Lipinski definition) is 3. The van der Waals surface area contributed by atoms with Gasteiger partial charge >= 0.3 is 6.36 Å². The summed E-state index contributed by atoms with van der Waals surface area (Å²) in [5, 5.41) is 0.115. The molecule has 3 rings (SSSR count). The molecule has 2 fully saturated rings. The Morgan fingerprint density at radius 2 is 1.82 bits per heavy atom. The molecule has 2 heterocycles. The van der Waals surface area contributed by atoms with Gasteiger partial charge in [-0.3, -0.25) is 9.00 Å². The van der Waals surface area contributed by atoms with Gasteiger partial charge in [0.05, 0.1) is 0 Å². The van der Waals surface area contributed by atoms with Gasteiger partial charge in [-0.25, -0.2) is 0 Å². The predicted molar refractivity (Wildman–Crippen MR) is 75.1 cm³/mol. The lowest BCUT2D eigenvalue weighted by Gasteiger charge is -2.26. The molecule has 120 valence electrons. The molecule has 0 spiro atoms. The quantitative estimate of drug-likeness (QED) is 0.796. The van der Waals surface area contributed by atoms with E-state index in [9.17, 15) is 22.2 Å². The number of alkyl halides is 3. The number of rotatable bonds is 3. The standard InChI is InChI=1S/C15H15F3O3S/c16-15(17,18)21-11-3-1-2-9(6-11)14(19)10-7-12-4-5-13(8-10)22(12)20/h1-3,6,10,12-13H,4-5,7-8H2. The Kier molecular flexibility index (Phi) is 4.01. The first kappa shape index (κ1) is 15.5. The monoisotopic (exact) mass is 332 g/mol. The maximum atomic E-state index is 12.5. The SMILES string of the molecule is O=C(c1cccc(OC(F)(F)F)c1)C1CC2CCC(C1)S2=O. The van der Waals surface area contributed by atoms with Crippen molar-refractivity contribution in [3.63, 3.8) is 0 Å². The van der Waals surface area contributed by atoms with Crippen molar-refractivity contribution in [1.29, 1.82) is 0 Å². The highest BCUT2D eigenvalue weighted by atomic mass is 32.2. The predicted octanol–water partition coefficient (Wildman–Crippen LogP) is 3.46. The van der Waals surface area contributed by atoms with E-state index in [4.69, 9.17) is 0 Å². The highest BCUT2D eigenvalue weighted by molar-refractivity contribution is 7.86. The fourth-order valence-electron chi connectivity index (χ4n) is 3.33. The summed E-state index contributed by atoms with van der Waals surface area (Å²) in [5.74, 6) is -0.821. The van der Waals surface area contributed by atoms with Crippen molar-refractivity contribution in [3.8, 4) is 5.75 Å². The molecule has 2 atom stereocenters. The van der Waals surface area contributed by atoms with Gasteiger partial charge in [0.1, 0.15) is 5.75 Å². The lowest BCUT2D eigenvalue weighted by molar-refractivity contribution is -0.274. The smallest absolute Gasteiger partial charge is 0.406 e. The van der Waals surface area contributed by atoms with Gasteiger partial charge in [-0.2, -0.15) is 0 Å². The van der Waals surface area contributed by atoms with E-state index in [-0.39, 0.29) is 33.5 Å². The first-order valence-electron chi connectivity index (χ1n) is 7.13. The van der Waals surface area contributed by atoms with Gasteiger partial charge in [0.15, 0.2) is 5.78 Å². The Morgan fingerprint density at radius 3 is 2.41 bits per heavy atom. The molecule has 2 aliphatic rings. The summed E-state index contributed by atoms with van der Waals surface area (Å²) in [6.45, 7) is 0. The van der Waals surface area contributed by atoms with E-state index >= 15 is 0 Å². The molecular formula is C15H15F3O3S. The van der Waals surface area contributed by atoms with Crippen molar-refractivity contribution >= 4 is 16.6 Å². The summed E-state index contributed by atoms with van der Waals surface area (Å²) < 4.78 is 52.5. The van der Waals surface area contributed by atoms with E-state index in [0.29, 0.717) is 12.8 Å². The van der Waals surface area contributed by atoms with Gasteiger partial charge in [-0.1, -0.05) is 12.1 Å². The molecule has 0 amide bonds. The Bertz CT molecular complexity index is 598.